The average Bonchev–Trinajstić information content (AvgIpc) is 2.49. The Hall–Kier alpha value is -1.51. The number of alkyl halides is 1. The Morgan fingerprint density at radius 1 is 1.19 bits per heavy atom. The lowest BCUT2D eigenvalue weighted by Crippen LogP contribution is -2.19. The normalized spacial score (nSPS) is 15.3. The van der Waals surface area contributed by atoms with Crippen LogP contribution in [0, 0.1) is 6.92 Å². The Morgan fingerprint density at radius 2 is 2.00 bits per heavy atom. The minimum absolute atomic E-state index is 0.0689. The summed E-state index contributed by atoms with van der Waals surface area (Å²) in [5, 5.41) is 3.30. The summed E-state index contributed by atoms with van der Waals surface area (Å²) in [5.41, 5.74) is 4.94. The second kappa shape index (κ2) is 5.70. The fourth-order valence-electron chi connectivity index (χ4n) is 2.61. The molecule has 2 aromatic carbocycles. The molecule has 1 atom stereocenters. The maximum Gasteiger partial charge on any atom is 0.224 e. The van der Waals surface area contributed by atoms with Crippen molar-refractivity contribution in [3.05, 3.63) is 63.7 Å². The molecule has 0 radical (unpaired) electrons. The Morgan fingerprint density at radius 3 is 2.81 bits per heavy atom. The molecule has 0 aromatic heterocycles. The van der Waals surface area contributed by atoms with Gasteiger partial charge in [0.25, 0.3) is 0 Å². The third-order valence-corrected chi connectivity index (χ3v) is 4.82. The zero-order chi connectivity index (χ0) is 15.0. The molecular formula is C17H15Cl2NO. The number of halogens is 2. The van der Waals surface area contributed by atoms with E-state index in [9.17, 15) is 4.79 Å². The van der Waals surface area contributed by atoms with Crippen LogP contribution in [0.5, 0.6) is 0 Å². The summed E-state index contributed by atoms with van der Waals surface area (Å²) in [5.74, 6) is 0.0689. The van der Waals surface area contributed by atoms with Gasteiger partial charge in [0.05, 0.1) is 5.38 Å². The maximum atomic E-state index is 11.4. The first-order valence-corrected chi connectivity index (χ1v) is 7.69. The third-order valence-electron chi connectivity index (χ3n) is 3.81. The van der Waals surface area contributed by atoms with Gasteiger partial charge < -0.3 is 5.32 Å². The first-order valence-electron chi connectivity index (χ1n) is 6.88. The number of fused-ring (bicyclic) bond motifs is 1. The van der Waals surface area contributed by atoms with E-state index in [4.69, 9.17) is 23.2 Å². The summed E-state index contributed by atoms with van der Waals surface area (Å²) in [6.07, 6.45) is 1.27. The number of carbonyl (C=O) groups excluding carboxylic acids is 1. The van der Waals surface area contributed by atoms with Crippen LogP contribution in [0.25, 0.3) is 0 Å². The standard InChI is InChI=1S/C17H15Cl2NO/c1-10-3-2-4-13(16(10)18)17(19)12-5-7-14-11(9-12)6-8-15(21)20-14/h2-5,7,9,17H,6,8H2,1H3,(H,20,21). The zero-order valence-electron chi connectivity index (χ0n) is 11.6. The number of amides is 1. The average molecular weight is 320 g/mol. The zero-order valence-corrected chi connectivity index (χ0v) is 13.1. The molecule has 1 heterocycles. The van der Waals surface area contributed by atoms with Crippen LogP contribution in [0.1, 0.15) is 34.1 Å². The highest BCUT2D eigenvalue weighted by molar-refractivity contribution is 6.33. The van der Waals surface area contributed by atoms with Gasteiger partial charge in [-0.05, 0) is 41.7 Å². The van der Waals surface area contributed by atoms with Crippen LogP contribution in [0.4, 0.5) is 5.69 Å². The van der Waals surface area contributed by atoms with E-state index in [1.807, 2.05) is 37.3 Å². The number of hydrogen-bond acceptors (Lipinski definition) is 1. The molecule has 108 valence electrons. The molecule has 4 heteroatoms. The van der Waals surface area contributed by atoms with Gasteiger partial charge in [0.1, 0.15) is 0 Å². The molecule has 0 aliphatic carbocycles. The van der Waals surface area contributed by atoms with Crippen molar-refractivity contribution in [2.45, 2.75) is 25.1 Å². The molecule has 1 N–H and O–H groups in total. The van der Waals surface area contributed by atoms with Gasteiger partial charge in [-0.15, -0.1) is 11.6 Å². The fraction of sp³-hybridized carbons (Fsp3) is 0.235. The van der Waals surface area contributed by atoms with Gasteiger partial charge in [0.15, 0.2) is 0 Å². The van der Waals surface area contributed by atoms with E-state index in [0.717, 1.165) is 34.4 Å². The first-order chi connectivity index (χ1) is 10.1. The van der Waals surface area contributed by atoms with Gasteiger partial charge in [-0.2, -0.15) is 0 Å². The van der Waals surface area contributed by atoms with Crippen molar-refractivity contribution in [2.75, 3.05) is 5.32 Å². The number of hydrogen-bond donors (Lipinski definition) is 1. The van der Waals surface area contributed by atoms with Crippen LogP contribution >= 0.6 is 23.2 Å². The quantitative estimate of drug-likeness (QED) is 0.787. The van der Waals surface area contributed by atoms with E-state index in [1.165, 1.54) is 0 Å². The number of aryl methyl sites for hydroxylation is 2. The first kappa shape index (κ1) is 14.4. The van der Waals surface area contributed by atoms with Gasteiger partial charge in [-0.3, -0.25) is 4.79 Å². The SMILES string of the molecule is Cc1cccc(C(Cl)c2ccc3c(c2)CCC(=O)N3)c1Cl. The molecule has 0 bridgehead atoms. The van der Waals surface area contributed by atoms with Crippen molar-refractivity contribution >= 4 is 34.8 Å². The Bertz CT molecular complexity index is 712. The molecule has 0 fully saturated rings. The molecule has 1 unspecified atom stereocenters. The van der Waals surface area contributed by atoms with Crippen LogP contribution in [0.3, 0.4) is 0 Å². The molecule has 1 aliphatic heterocycles. The number of benzene rings is 2. The minimum Gasteiger partial charge on any atom is -0.326 e. The molecule has 2 aromatic rings. The second-order valence-electron chi connectivity index (χ2n) is 5.31. The van der Waals surface area contributed by atoms with Crippen molar-refractivity contribution in [2.24, 2.45) is 0 Å². The van der Waals surface area contributed by atoms with E-state index >= 15 is 0 Å². The van der Waals surface area contributed by atoms with Crippen molar-refractivity contribution in [3.8, 4) is 0 Å². The van der Waals surface area contributed by atoms with Gasteiger partial charge in [0, 0.05) is 17.1 Å². The second-order valence-corrected chi connectivity index (χ2v) is 6.12. The maximum absolute atomic E-state index is 11.4. The van der Waals surface area contributed by atoms with Crippen LogP contribution in [0.2, 0.25) is 5.02 Å². The van der Waals surface area contributed by atoms with E-state index in [-0.39, 0.29) is 11.3 Å². The predicted octanol–water partition coefficient (Wildman–Crippen LogP) is 4.86. The molecule has 2 nitrogen and oxygen atoms in total. The number of nitrogens with one attached hydrogen (secondary N) is 1. The molecule has 0 saturated heterocycles. The molecule has 1 aliphatic rings. The van der Waals surface area contributed by atoms with Gasteiger partial charge in [-0.1, -0.05) is 41.9 Å². The van der Waals surface area contributed by atoms with Crippen molar-refractivity contribution in [1.82, 2.24) is 0 Å². The minimum atomic E-state index is -0.291. The Balaban J connectivity index is 1.97. The van der Waals surface area contributed by atoms with Crippen LogP contribution in [0.15, 0.2) is 36.4 Å². The molecular weight excluding hydrogens is 305 g/mol. The fourth-order valence-corrected chi connectivity index (χ4v) is 3.21. The Labute approximate surface area is 134 Å². The van der Waals surface area contributed by atoms with E-state index in [1.54, 1.807) is 0 Å². The lowest BCUT2D eigenvalue weighted by molar-refractivity contribution is -0.116. The van der Waals surface area contributed by atoms with E-state index in [0.29, 0.717) is 11.4 Å². The molecule has 3 rings (SSSR count). The highest BCUT2D eigenvalue weighted by Crippen LogP contribution is 2.37. The summed E-state index contributed by atoms with van der Waals surface area (Å²) in [6, 6.07) is 11.8. The van der Waals surface area contributed by atoms with E-state index in [2.05, 4.69) is 11.4 Å². The Kier molecular flexibility index (Phi) is 3.92. The summed E-state index contributed by atoms with van der Waals surface area (Å²) >= 11 is 13.0. The monoisotopic (exact) mass is 319 g/mol. The summed E-state index contributed by atoms with van der Waals surface area (Å²) in [6.45, 7) is 1.97. The lowest BCUT2D eigenvalue weighted by Gasteiger charge is -2.20. The van der Waals surface area contributed by atoms with Crippen molar-refractivity contribution in [1.29, 1.82) is 0 Å². The van der Waals surface area contributed by atoms with Crippen LogP contribution in [-0.2, 0) is 11.2 Å². The predicted molar refractivity (Wildman–Crippen MR) is 87.3 cm³/mol. The lowest BCUT2D eigenvalue weighted by atomic mass is 9.96. The third kappa shape index (κ3) is 2.78. The molecule has 0 saturated carbocycles. The largest absolute Gasteiger partial charge is 0.326 e. The van der Waals surface area contributed by atoms with Gasteiger partial charge in [-0.25, -0.2) is 0 Å². The highest BCUT2D eigenvalue weighted by atomic mass is 35.5. The highest BCUT2D eigenvalue weighted by Gasteiger charge is 2.19. The van der Waals surface area contributed by atoms with Crippen LogP contribution in [-0.4, -0.2) is 5.91 Å². The number of anilines is 1. The number of carbonyl (C=O) groups is 1. The topological polar surface area (TPSA) is 29.1 Å². The van der Waals surface area contributed by atoms with Crippen LogP contribution < -0.4 is 5.32 Å². The number of rotatable bonds is 2. The molecule has 1 amide bonds. The summed E-state index contributed by atoms with van der Waals surface area (Å²) in [7, 11) is 0. The van der Waals surface area contributed by atoms with Crippen molar-refractivity contribution in [3.63, 3.8) is 0 Å². The van der Waals surface area contributed by atoms with Crippen molar-refractivity contribution < 1.29 is 4.79 Å². The smallest absolute Gasteiger partial charge is 0.224 e. The molecule has 21 heavy (non-hydrogen) atoms. The van der Waals surface area contributed by atoms with Gasteiger partial charge in [0.2, 0.25) is 5.91 Å². The summed E-state index contributed by atoms with van der Waals surface area (Å²) < 4.78 is 0. The molecule has 0 spiro atoms. The van der Waals surface area contributed by atoms with Gasteiger partial charge >= 0.3 is 0 Å². The van der Waals surface area contributed by atoms with E-state index < -0.39 is 0 Å². The summed E-state index contributed by atoms with van der Waals surface area (Å²) in [4.78, 5) is 11.4.